The third-order valence-corrected chi connectivity index (χ3v) is 4.51. The Balaban J connectivity index is 1.89. The lowest BCUT2D eigenvalue weighted by atomic mass is 9.99. The van der Waals surface area contributed by atoms with E-state index in [9.17, 15) is 0 Å². The van der Waals surface area contributed by atoms with E-state index in [4.69, 9.17) is 4.98 Å². The largest absolute Gasteiger partial charge is 0.256 e. The lowest BCUT2D eigenvalue weighted by Crippen LogP contribution is -1.89. The van der Waals surface area contributed by atoms with Gasteiger partial charge in [0.15, 0.2) is 0 Å². The van der Waals surface area contributed by atoms with Crippen LogP contribution in [0.1, 0.15) is 0 Å². The topological polar surface area (TPSA) is 25.8 Å². The second-order valence-corrected chi connectivity index (χ2v) is 5.93. The molecule has 0 bridgehead atoms. The van der Waals surface area contributed by atoms with Crippen molar-refractivity contribution in [2.24, 2.45) is 0 Å². The van der Waals surface area contributed by atoms with Gasteiger partial charge in [-0.1, -0.05) is 54.6 Å². The molecular formula is C22H14N2. The van der Waals surface area contributed by atoms with Gasteiger partial charge in [0.2, 0.25) is 0 Å². The minimum atomic E-state index is 0.984. The zero-order chi connectivity index (χ0) is 15.9. The predicted molar refractivity (Wildman–Crippen MR) is 100.0 cm³/mol. The van der Waals surface area contributed by atoms with E-state index in [-0.39, 0.29) is 0 Å². The molecule has 2 heteroatoms. The second kappa shape index (κ2) is 5.14. The molecule has 2 heterocycles. The molecule has 112 valence electrons. The Morgan fingerprint density at radius 2 is 1.38 bits per heavy atom. The molecule has 0 saturated heterocycles. The van der Waals surface area contributed by atoms with Gasteiger partial charge in [-0.15, -0.1) is 0 Å². The van der Waals surface area contributed by atoms with Gasteiger partial charge in [-0.3, -0.25) is 4.98 Å². The standard InChI is InChI=1S/C22H14N2/c1-3-7-17-15(5-1)9-12-21-22(17)18(13-14-23-21)20-11-10-16-6-2-4-8-19(16)24-20/h1-14H. The molecule has 3 aromatic carbocycles. The maximum atomic E-state index is 4.87. The van der Waals surface area contributed by atoms with Crippen LogP contribution in [0.25, 0.3) is 43.8 Å². The Labute approximate surface area is 139 Å². The van der Waals surface area contributed by atoms with Crippen LogP contribution in [0.15, 0.2) is 85.1 Å². The lowest BCUT2D eigenvalue weighted by Gasteiger charge is -2.10. The SMILES string of the molecule is c1ccc2nc(-c3ccnc4ccc5ccccc5c34)ccc2c1. The normalized spacial score (nSPS) is 11.3. The first kappa shape index (κ1) is 13.2. The van der Waals surface area contributed by atoms with Crippen molar-refractivity contribution >= 4 is 32.6 Å². The first-order valence-electron chi connectivity index (χ1n) is 8.03. The number of benzene rings is 3. The number of aromatic nitrogens is 2. The van der Waals surface area contributed by atoms with Gasteiger partial charge in [-0.25, -0.2) is 4.98 Å². The first-order valence-corrected chi connectivity index (χ1v) is 8.03. The van der Waals surface area contributed by atoms with Crippen molar-refractivity contribution in [3.63, 3.8) is 0 Å². The van der Waals surface area contributed by atoms with E-state index in [0.29, 0.717) is 0 Å². The van der Waals surface area contributed by atoms with Crippen molar-refractivity contribution in [3.8, 4) is 11.3 Å². The molecule has 0 radical (unpaired) electrons. The highest BCUT2D eigenvalue weighted by Crippen LogP contribution is 2.33. The average molecular weight is 306 g/mol. The number of pyridine rings is 2. The van der Waals surface area contributed by atoms with Crippen molar-refractivity contribution in [2.75, 3.05) is 0 Å². The zero-order valence-electron chi connectivity index (χ0n) is 13.0. The maximum absolute atomic E-state index is 4.87. The highest BCUT2D eigenvalue weighted by Gasteiger charge is 2.10. The molecule has 5 rings (SSSR count). The van der Waals surface area contributed by atoms with Crippen LogP contribution in [0.5, 0.6) is 0 Å². The zero-order valence-corrected chi connectivity index (χ0v) is 13.0. The Kier molecular flexibility index (Phi) is 2.83. The number of hydrogen-bond donors (Lipinski definition) is 0. The van der Waals surface area contributed by atoms with E-state index >= 15 is 0 Å². The van der Waals surface area contributed by atoms with Gasteiger partial charge in [-0.05, 0) is 35.0 Å². The smallest absolute Gasteiger partial charge is 0.0717 e. The molecule has 2 nitrogen and oxygen atoms in total. The molecule has 0 aliphatic carbocycles. The van der Waals surface area contributed by atoms with Crippen LogP contribution in [0.4, 0.5) is 0 Å². The molecule has 0 saturated carbocycles. The molecular weight excluding hydrogens is 292 g/mol. The van der Waals surface area contributed by atoms with Crippen LogP contribution in [0, 0.1) is 0 Å². The van der Waals surface area contributed by atoms with E-state index in [2.05, 4.69) is 71.7 Å². The molecule has 0 unspecified atom stereocenters. The number of para-hydroxylation sites is 1. The predicted octanol–water partition coefficient (Wildman–Crippen LogP) is 5.60. The van der Waals surface area contributed by atoms with Crippen molar-refractivity contribution in [1.29, 1.82) is 0 Å². The Morgan fingerprint density at radius 1 is 0.583 bits per heavy atom. The fraction of sp³-hybridized carbons (Fsp3) is 0. The molecule has 24 heavy (non-hydrogen) atoms. The molecule has 2 aromatic heterocycles. The van der Waals surface area contributed by atoms with Crippen molar-refractivity contribution < 1.29 is 0 Å². The summed E-state index contributed by atoms with van der Waals surface area (Å²) in [7, 11) is 0. The van der Waals surface area contributed by atoms with E-state index in [1.165, 1.54) is 16.2 Å². The number of hydrogen-bond acceptors (Lipinski definition) is 2. The molecule has 0 spiro atoms. The quantitative estimate of drug-likeness (QED) is 0.376. The number of fused-ring (bicyclic) bond motifs is 4. The Morgan fingerprint density at radius 3 is 2.33 bits per heavy atom. The minimum Gasteiger partial charge on any atom is -0.256 e. The third kappa shape index (κ3) is 1.97. The Bertz CT molecular complexity index is 1210. The average Bonchev–Trinajstić information content (AvgIpc) is 2.67. The number of rotatable bonds is 1. The summed E-state index contributed by atoms with van der Waals surface area (Å²) in [5.41, 5.74) is 4.13. The number of nitrogens with zero attached hydrogens (tertiary/aromatic N) is 2. The van der Waals surface area contributed by atoms with Crippen molar-refractivity contribution in [3.05, 3.63) is 85.1 Å². The highest BCUT2D eigenvalue weighted by atomic mass is 14.7. The van der Waals surface area contributed by atoms with Crippen molar-refractivity contribution in [1.82, 2.24) is 9.97 Å². The fourth-order valence-corrected chi connectivity index (χ4v) is 3.36. The minimum absolute atomic E-state index is 0.984. The molecule has 0 atom stereocenters. The van der Waals surface area contributed by atoms with Crippen LogP contribution in [0.3, 0.4) is 0 Å². The monoisotopic (exact) mass is 306 g/mol. The van der Waals surface area contributed by atoms with Gasteiger partial charge in [0.25, 0.3) is 0 Å². The summed E-state index contributed by atoms with van der Waals surface area (Å²) in [6, 6.07) is 27.2. The van der Waals surface area contributed by atoms with E-state index < -0.39 is 0 Å². The highest BCUT2D eigenvalue weighted by molar-refractivity contribution is 6.12. The van der Waals surface area contributed by atoms with Crippen LogP contribution < -0.4 is 0 Å². The first-order chi connectivity index (χ1) is 11.9. The molecule has 5 aromatic rings. The van der Waals surface area contributed by atoms with Crippen LogP contribution in [0.2, 0.25) is 0 Å². The lowest BCUT2D eigenvalue weighted by molar-refractivity contribution is 1.37. The summed E-state index contributed by atoms with van der Waals surface area (Å²) < 4.78 is 0. The van der Waals surface area contributed by atoms with Gasteiger partial charge in [0.1, 0.15) is 0 Å². The maximum Gasteiger partial charge on any atom is 0.0717 e. The molecule has 0 N–H and O–H groups in total. The fourth-order valence-electron chi connectivity index (χ4n) is 3.36. The summed E-state index contributed by atoms with van der Waals surface area (Å²) in [5.74, 6) is 0. The van der Waals surface area contributed by atoms with Gasteiger partial charge < -0.3 is 0 Å². The molecule has 0 amide bonds. The summed E-state index contributed by atoms with van der Waals surface area (Å²) in [4.78, 5) is 9.43. The van der Waals surface area contributed by atoms with Crippen molar-refractivity contribution in [2.45, 2.75) is 0 Å². The van der Waals surface area contributed by atoms with Gasteiger partial charge in [0.05, 0.1) is 16.7 Å². The van der Waals surface area contributed by atoms with E-state index in [1.54, 1.807) is 0 Å². The Hall–Kier alpha value is -3.26. The third-order valence-electron chi connectivity index (χ3n) is 4.51. The second-order valence-electron chi connectivity index (χ2n) is 5.93. The van der Waals surface area contributed by atoms with Crippen LogP contribution in [-0.4, -0.2) is 9.97 Å². The summed E-state index contributed by atoms with van der Waals surface area (Å²) in [6.45, 7) is 0. The van der Waals surface area contributed by atoms with Crippen LogP contribution >= 0.6 is 0 Å². The van der Waals surface area contributed by atoms with E-state index in [0.717, 1.165) is 27.7 Å². The molecule has 0 fully saturated rings. The molecule has 0 aliphatic rings. The van der Waals surface area contributed by atoms with Gasteiger partial charge in [0, 0.05) is 22.5 Å². The summed E-state index contributed by atoms with van der Waals surface area (Å²) in [6.07, 6.45) is 1.86. The van der Waals surface area contributed by atoms with Gasteiger partial charge in [-0.2, -0.15) is 0 Å². The van der Waals surface area contributed by atoms with Crippen LogP contribution in [-0.2, 0) is 0 Å². The van der Waals surface area contributed by atoms with Gasteiger partial charge >= 0.3 is 0 Å². The molecule has 0 aliphatic heterocycles. The summed E-state index contributed by atoms with van der Waals surface area (Å²) in [5, 5.41) is 4.76. The van der Waals surface area contributed by atoms with E-state index in [1.807, 2.05) is 18.3 Å². The summed E-state index contributed by atoms with van der Waals surface area (Å²) >= 11 is 0.